The molecule has 0 bridgehead atoms. The Bertz CT molecular complexity index is 922. The van der Waals surface area contributed by atoms with Crippen molar-refractivity contribution < 1.29 is 23.8 Å². The Kier molecular flexibility index (Phi) is 6.16. The van der Waals surface area contributed by atoms with E-state index >= 15 is 0 Å². The number of nitrogens with one attached hydrogen (secondary N) is 1. The number of nitrogens with zero attached hydrogens (tertiary/aromatic N) is 2. The van der Waals surface area contributed by atoms with Crippen molar-refractivity contribution in [1.29, 1.82) is 0 Å². The summed E-state index contributed by atoms with van der Waals surface area (Å²) < 4.78 is 20.5. The molecule has 4 N–H and O–H groups in total. The molecule has 1 aliphatic carbocycles. The molecule has 0 radical (unpaired) electrons. The summed E-state index contributed by atoms with van der Waals surface area (Å²) >= 11 is 1.33. The summed E-state index contributed by atoms with van der Waals surface area (Å²) in [6, 6.07) is 6.25. The van der Waals surface area contributed by atoms with Crippen molar-refractivity contribution in [2.75, 3.05) is 11.9 Å². The van der Waals surface area contributed by atoms with Gasteiger partial charge in [0.2, 0.25) is 0 Å². The van der Waals surface area contributed by atoms with Crippen LogP contribution in [0.2, 0.25) is 0 Å². The number of hydrogen-bond donors (Lipinski definition) is 4. The van der Waals surface area contributed by atoms with Crippen LogP contribution in [0.4, 0.5) is 5.13 Å². The van der Waals surface area contributed by atoms with Gasteiger partial charge in [0, 0.05) is 28.0 Å². The van der Waals surface area contributed by atoms with Gasteiger partial charge in [0.15, 0.2) is 10.8 Å². The Morgan fingerprint density at radius 2 is 2.07 bits per heavy atom. The lowest BCUT2D eigenvalue weighted by molar-refractivity contribution is -0.110. The standard InChI is InChI=1S/C18H21N3O5S2/c1-11(10-22)26-21-16(17(23)20-18-19-9-12(2)27-18)13-3-5-14(6-4-13)28(24,25)15-7-8-15/h3-7,9,11,22,24-25H,8,10H2,1-2H3,(H,19,20,23)/t11-/m1/s1. The van der Waals surface area contributed by atoms with Crippen molar-refractivity contribution in [2.24, 2.45) is 5.16 Å². The van der Waals surface area contributed by atoms with Crippen molar-refractivity contribution in [3.63, 3.8) is 0 Å². The van der Waals surface area contributed by atoms with Crippen LogP contribution >= 0.6 is 21.9 Å². The van der Waals surface area contributed by atoms with Gasteiger partial charge in [-0.15, -0.1) is 21.9 Å². The van der Waals surface area contributed by atoms with Crippen molar-refractivity contribution in [1.82, 2.24) is 4.98 Å². The molecule has 1 aromatic carbocycles. The third kappa shape index (κ3) is 4.78. The molecule has 8 nitrogen and oxygen atoms in total. The summed E-state index contributed by atoms with van der Waals surface area (Å²) in [6.07, 6.45) is 3.43. The molecule has 1 heterocycles. The maximum absolute atomic E-state index is 12.7. The molecule has 0 spiro atoms. The predicted molar refractivity (Wildman–Crippen MR) is 110 cm³/mol. The molecular formula is C18H21N3O5S2. The zero-order chi connectivity index (χ0) is 20.3. The summed E-state index contributed by atoms with van der Waals surface area (Å²) in [4.78, 5) is 23.9. The van der Waals surface area contributed by atoms with Crippen molar-refractivity contribution in [2.45, 2.75) is 31.3 Å². The van der Waals surface area contributed by atoms with Crippen LogP contribution in [0, 0.1) is 6.92 Å². The zero-order valence-electron chi connectivity index (χ0n) is 15.3. The van der Waals surface area contributed by atoms with E-state index in [0.29, 0.717) is 26.9 Å². The number of hydrogen-bond acceptors (Lipinski definition) is 8. The molecule has 28 heavy (non-hydrogen) atoms. The lowest BCUT2D eigenvalue weighted by Gasteiger charge is -2.30. The molecule has 0 saturated carbocycles. The lowest BCUT2D eigenvalue weighted by atomic mass is 10.1. The van der Waals surface area contributed by atoms with Gasteiger partial charge in [-0.05, 0) is 26.0 Å². The van der Waals surface area contributed by atoms with Gasteiger partial charge in [-0.2, -0.15) is 0 Å². The van der Waals surface area contributed by atoms with Crippen LogP contribution in [-0.2, 0) is 9.63 Å². The molecule has 1 amide bonds. The summed E-state index contributed by atoms with van der Waals surface area (Å²) in [5, 5.41) is 16.1. The van der Waals surface area contributed by atoms with Crippen LogP contribution in [0.25, 0.3) is 0 Å². The van der Waals surface area contributed by atoms with Gasteiger partial charge >= 0.3 is 0 Å². The Labute approximate surface area is 167 Å². The maximum atomic E-state index is 12.7. The molecule has 1 aliphatic rings. The van der Waals surface area contributed by atoms with Gasteiger partial charge < -0.3 is 9.94 Å². The SMILES string of the molecule is Cc1cnc(NC(=O)C(=NO[C@H](C)CO)c2ccc(S(O)(O)C3=CC3)cc2)s1. The van der Waals surface area contributed by atoms with Crippen LogP contribution < -0.4 is 5.32 Å². The number of rotatable bonds is 8. The minimum Gasteiger partial charge on any atom is -0.392 e. The first-order valence-electron chi connectivity index (χ1n) is 8.47. The first kappa shape index (κ1) is 20.5. The molecule has 1 aromatic heterocycles. The van der Waals surface area contributed by atoms with Crippen molar-refractivity contribution in [3.05, 3.63) is 51.9 Å². The van der Waals surface area contributed by atoms with E-state index in [1.165, 1.54) is 11.3 Å². The van der Waals surface area contributed by atoms with E-state index in [1.54, 1.807) is 43.5 Å². The Morgan fingerprint density at radius 1 is 1.39 bits per heavy atom. The Morgan fingerprint density at radius 3 is 2.61 bits per heavy atom. The number of anilines is 1. The van der Waals surface area contributed by atoms with Crippen molar-refractivity contribution >= 4 is 38.7 Å². The first-order valence-corrected chi connectivity index (χ1v) is 10.8. The van der Waals surface area contributed by atoms with Crippen LogP contribution in [0.5, 0.6) is 0 Å². The second-order valence-corrected chi connectivity index (χ2v) is 9.54. The summed E-state index contributed by atoms with van der Waals surface area (Å²) in [6.45, 7) is 3.24. The smallest absolute Gasteiger partial charge is 0.280 e. The van der Waals surface area contributed by atoms with Crippen molar-refractivity contribution in [3.8, 4) is 0 Å². The van der Waals surface area contributed by atoms with Crippen LogP contribution in [0.3, 0.4) is 0 Å². The Hall–Kier alpha value is -2.24. The molecule has 10 heteroatoms. The average Bonchev–Trinajstić information content (AvgIpc) is 3.46. The van der Waals surface area contributed by atoms with Crippen LogP contribution in [0.1, 0.15) is 23.8 Å². The molecular weight excluding hydrogens is 402 g/mol. The molecule has 0 aliphatic heterocycles. The molecule has 3 rings (SSSR count). The largest absolute Gasteiger partial charge is 0.392 e. The highest BCUT2D eigenvalue weighted by atomic mass is 32.3. The molecule has 0 saturated heterocycles. The van der Waals surface area contributed by atoms with Crippen LogP contribution in [0.15, 0.2) is 51.5 Å². The number of aliphatic hydroxyl groups excluding tert-OH is 1. The maximum Gasteiger partial charge on any atom is 0.280 e. The van der Waals surface area contributed by atoms with E-state index in [1.807, 2.05) is 6.92 Å². The van der Waals surface area contributed by atoms with E-state index in [4.69, 9.17) is 9.94 Å². The quantitative estimate of drug-likeness (QED) is 0.380. The number of carbonyl (C=O) groups is 1. The molecule has 0 unspecified atom stereocenters. The number of aryl methyl sites for hydroxylation is 1. The van der Waals surface area contributed by atoms with Gasteiger partial charge in [0.05, 0.1) is 11.5 Å². The third-order valence-electron chi connectivity index (χ3n) is 3.83. The number of amides is 1. The van der Waals surface area contributed by atoms with E-state index in [9.17, 15) is 13.9 Å². The van der Waals surface area contributed by atoms with Gasteiger partial charge in [-0.3, -0.25) is 19.2 Å². The Balaban J connectivity index is 1.85. The van der Waals surface area contributed by atoms with E-state index < -0.39 is 22.6 Å². The summed E-state index contributed by atoms with van der Waals surface area (Å²) in [5.74, 6) is -0.524. The molecule has 1 atom stereocenters. The van der Waals surface area contributed by atoms with E-state index in [2.05, 4.69) is 15.5 Å². The monoisotopic (exact) mass is 423 g/mol. The fourth-order valence-electron chi connectivity index (χ4n) is 2.20. The van der Waals surface area contributed by atoms with Gasteiger partial charge in [-0.1, -0.05) is 23.4 Å². The number of aromatic nitrogens is 1. The second-order valence-electron chi connectivity index (χ2n) is 6.22. The highest BCUT2D eigenvalue weighted by Gasteiger charge is 2.27. The highest BCUT2D eigenvalue weighted by Crippen LogP contribution is 2.61. The number of carbonyl (C=O) groups excluding carboxylic acids is 1. The zero-order valence-corrected chi connectivity index (χ0v) is 17.0. The second kappa shape index (κ2) is 8.41. The average molecular weight is 424 g/mol. The number of aliphatic hydroxyl groups is 1. The highest BCUT2D eigenvalue weighted by molar-refractivity contribution is 8.27. The fraction of sp³-hybridized carbons (Fsp3) is 0.278. The molecule has 0 fully saturated rings. The fourth-order valence-corrected chi connectivity index (χ4v) is 4.22. The number of thiazole rings is 1. The minimum absolute atomic E-state index is 0.0122. The normalized spacial score (nSPS) is 15.6. The van der Waals surface area contributed by atoms with E-state index in [0.717, 1.165) is 4.88 Å². The third-order valence-corrected chi connectivity index (χ3v) is 6.65. The summed E-state index contributed by atoms with van der Waals surface area (Å²) in [7, 11) is -2.96. The van der Waals surface area contributed by atoms with Gasteiger partial charge in [-0.25, -0.2) is 4.98 Å². The van der Waals surface area contributed by atoms with E-state index in [-0.39, 0.29) is 12.3 Å². The number of oxime groups is 1. The van der Waals surface area contributed by atoms with Crippen LogP contribution in [-0.4, -0.2) is 43.5 Å². The number of allylic oxidation sites excluding steroid dienone is 2. The molecule has 2 aromatic rings. The lowest BCUT2D eigenvalue weighted by Crippen LogP contribution is -2.25. The first-order chi connectivity index (χ1) is 13.3. The van der Waals surface area contributed by atoms with Gasteiger partial charge in [0.1, 0.15) is 6.10 Å². The minimum atomic E-state index is -2.96. The topological polar surface area (TPSA) is 124 Å². The number of benzene rings is 1. The summed E-state index contributed by atoms with van der Waals surface area (Å²) in [5.41, 5.74) is 0.418. The van der Waals surface area contributed by atoms with Gasteiger partial charge in [0.25, 0.3) is 5.91 Å². The predicted octanol–water partition coefficient (Wildman–Crippen LogP) is 3.59. The molecule has 150 valence electrons.